The number of nitrogens with zero attached hydrogens (tertiary/aromatic N) is 4. The Kier molecular flexibility index (Phi) is 5.15. The Labute approximate surface area is 146 Å². The van der Waals surface area contributed by atoms with Crippen molar-refractivity contribution < 1.29 is 4.79 Å². The zero-order chi connectivity index (χ0) is 17.6. The van der Waals surface area contributed by atoms with Gasteiger partial charge in [-0.1, -0.05) is 18.2 Å². The molecule has 1 aromatic carbocycles. The van der Waals surface area contributed by atoms with Gasteiger partial charge in [0.05, 0.1) is 23.6 Å². The minimum Gasteiger partial charge on any atom is -0.349 e. The number of amides is 1. The van der Waals surface area contributed by atoms with Gasteiger partial charge in [0, 0.05) is 24.7 Å². The summed E-state index contributed by atoms with van der Waals surface area (Å²) in [4.78, 5) is 26.9. The van der Waals surface area contributed by atoms with E-state index in [0.29, 0.717) is 18.1 Å². The molecule has 0 aliphatic rings. The molecule has 2 heterocycles. The van der Waals surface area contributed by atoms with Gasteiger partial charge in [-0.05, 0) is 26.2 Å². The van der Waals surface area contributed by atoms with E-state index in [2.05, 4.69) is 25.6 Å². The predicted octanol–water partition coefficient (Wildman–Crippen LogP) is 2.06. The smallest absolute Gasteiger partial charge is 0.271 e. The van der Waals surface area contributed by atoms with Crippen molar-refractivity contribution in [1.82, 2.24) is 25.2 Å². The van der Waals surface area contributed by atoms with E-state index in [1.54, 1.807) is 12.4 Å². The van der Waals surface area contributed by atoms with Crippen molar-refractivity contribution in [3.63, 3.8) is 0 Å². The Morgan fingerprint density at radius 3 is 2.68 bits per heavy atom. The maximum atomic E-state index is 12.0. The topological polar surface area (TPSA) is 83.0 Å². The van der Waals surface area contributed by atoms with E-state index in [-0.39, 0.29) is 5.91 Å². The van der Waals surface area contributed by atoms with Crippen LogP contribution in [-0.4, -0.2) is 52.9 Å². The zero-order valence-corrected chi connectivity index (χ0v) is 14.2. The summed E-state index contributed by atoms with van der Waals surface area (Å²) in [5.41, 5.74) is 1.99. The van der Waals surface area contributed by atoms with Crippen molar-refractivity contribution in [2.24, 2.45) is 0 Å². The van der Waals surface area contributed by atoms with Gasteiger partial charge in [-0.15, -0.1) is 0 Å². The van der Waals surface area contributed by atoms with Crippen LogP contribution in [0.25, 0.3) is 10.9 Å². The van der Waals surface area contributed by atoms with Gasteiger partial charge in [0.2, 0.25) is 0 Å². The molecule has 0 saturated heterocycles. The molecule has 2 N–H and O–H groups in total. The van der Waals surface area contributed by atoms with Crippen molar-refractivity contribution in [3.8, 4) is 0 Å². The minimum absolute atomic E-state index is 0.229. The number of hydrogen-bond donors (Lipinski definition) is 2. The van der Waals surface area contributed by atoms with E-state index >= 15 is 0 Å². The van der Waals surface area contributed by atoms with Gasteiger partial charge >= 0.3 is 0 Å². The number of aromatic nitrogens is 3. The number of para-hydroxylation sites is 1. The molecule has 0 fully saturated rings. The van der Waals surface area contributed by atoms with Crippen molar-refractivity contribution in [3.05, 3.63) is 54.6 Å². The third kappa shape index (κ3) is 4.27. The molecule has 25 heavy (non-hydrogen) atoms. The van der Waals surface area contributed by atoms with Crippen LogP contribution in [0.4, 0.5) is 11.5 Å². The highest BCUT2D eigenvalue weighted by Gasteiger charge is 2.08. The lowest BCUT2D eigenvalue weighted by atomic mass is 10.2. The van der Waals surface area contributed by atoms with Crippen LogP contribution in [0.2, 0.25) is 0 Å². The Hall–Kier alpha value is -3.06. The van der Waals surface area contributed by atoms with Gasteiger partial charge in [0.15, 0.2) is 0 Å². The summed E-state index contributed by atoms with van der Waals surface area (Å²) < 4.78 is 0. The molecule has 7 nitrogen and oxygen atoms in total. The molecule has 2 aromatic heterocycles. The number of hydrogen-bond acceptors (Lipinski definition) is 6. The fraction of sp³-hybridized carbons (Fsp3) is 0.222. The normalized spacial score (nSPS) is 10.8. The molecule has 0 atom stereocenters. The molecule has 1 amide bonds. The van der Waals surface area contributed by atoms with E-state index in [1.807, 2.05) is 49.3 Å². The summed E-state index contributed by atoms with van der Waals surface area (Å²) in [6.45, 7) is 1.34. The van der Waals surface area contributed by atoms with Crippen LogP contribution in [0.3, 0.4) is 0 Å². The molecule has 0 saturated carbocycles. The summed E-state index contributed by atoms with van der Waals surface area (Å²) in [6.07, 6.45) is 4.76. The molecule has 3 rings (SSSR count). The van der Waals surface area contributed by atoms with E-state index in [0.717, 1.165) is 23.1 Å². The fourth-order valence-corrected chi connectivity index (χ4v) is 2.34. The van der Waals surface area contributed by atoms with Crippen LogP contribution in [0.5, 0.6) is 0 Å². The largest absolute Gasteiger partial charge is 0.349 e. The Balaban J connectivity index is 1.69. The van der Waals surface area contributed by atoms with Crippen LogP contribution in [-0.2, 0) is 0 Å². The molecular formula is C18H20N6O. The summed E-state index contributed by atoms with van der Waals surface area (Å²) in [5.74, 6) is 0.329. The highest BCUT2D eigenvalue weighted by molar-refractivity contribution is 5.93. The summed E-state index contributed by atoms with van der Waals surface area (Å²) in [6, 6.07) is 9.78. The molecule has 7 heteroatoms. The molecule has 0 radical (unpaired) electrons. The molecular weight excluding hydrogens is 316 g/mol. The number of pyridine rings is 1. The third-order valence-electron chi connectivity index (χ3n) is 3.62. The highest BCUT2D eigenvalue weighted by Crippen LogP contribution is 2.23. The number of likely N-dealkylation sites (N-methyl/N-ethyl adjacent to an activating group) is 1. The molecule has 0 unspecified atom stereocenters. The van der Waals surface area contributed by atoms with E-state index < -0.39 is 0 Å². The number of carbonyl (C=O) groups is 1. The predicted molar refractivity (Wildman–Crippen MR) is 97.9 cm³/mol. The first kappa shape index (κ1) is 16.8. The summed E-state index contributed by atoms with van der Waals surface area (Å²) >= 11 is 0. The van der Waals surface area contributed by atoms with Crippen LogP contribution >= 0.6 is 0 Å². The standard InChI is InChI=1S/C18H20N6O/c1-24(2)10-9-20-18(25)15-11-22-16(12-21-15)23-14-7-3-5-13-6-4-8-19-17(13)14/h3-8,11-12H,9-10H2,1-2H3,(H,20,25)(H,22,23). The van der Waals surface area contributed by atoms with Crippen LogP contribution < -0.4 is 10.6 Å². The van der Waals surface area contributed by atoms with Crippen LogP contribution in [0.1, 0.15) is 10.5 Å². The number of nitrogens with one attached hydrogen (secondary N) is 2. The number of benzene rings is 1. The first-order valence-corrected chi connectivity index (χ1v) is 7.99. The maximum absolute atomic E-state index is 12.0. The second-order valence-corrected chi connectivity index (χ2v) is 5.85. The lowest BCUT2D eigenvalue weighted by Crippen LogP contribution is -2.31. The summed E-state index contributed by atoms with van der Waals surface area (Å²) in [7, 11) is 3.91. The monoisotopic (exact) mass is 336 g/mol. The molecule has 0 bridgehead atoms. The van der Waals surface area contributed by atoms with Crippen LogP contribution in [0, 0.1) is 0 Å². The second kappa shape index (κ2) is 7.67. The summed E-state index contributed by atoms with van der Waals surface area (Å²) in [5, 5.41) is 7.05. The van der Waals surface area contributed by atoms with Gasteiger partial charge in [-0.2, -0.15) is 0 Å². The van der Waals surface area contributed by atoms with Gasteiger partial charge < -0.3 is 15.5 Å². The number of anilines is 2. The van der Waals surface area contributed by atoms with Crippen molar-refractivity contribution in [2.45, 2.75) is 0 Å². The Morgan fingerprint density at radius 1 is 1.08 bits per heavy atom. The third-order valence-corrected chi connectivity index (χ3v) is 3.62. The first-order chi connectivity index (χ1) is 12.1. The Morgan fingerprint density at radius 2 is 1.92 bits per heavy atom. The zero-order valence-electron chi connectivity index (χ0n) is 14.2. The average Bonchev–Trinajstić information content (AvgIpc) is 2.62. The number of rotatable bonds is 6. The lowest BCUT2D eigenvalue weighted by molar-refractivity contribution is 0.0945. The molecule has 0 spiro atoms. The molecule has 0 aliphatic carbocycles. The first-order valence-electron chi connectivity index (χ1n) is 7.99. The van der Waals surface area contributed by atoms with Crippen molar-refractivity contribution >= 4 is 28.3 Å². The minimum atomic E-state index is -0.229. The average molecular weight is 336 g/mol. The van der Waals surface area contributed by atoms with Crippen molar-refractivity contribution in [1.29, 1.82) is 0 Å². The van der Waals surface area contributed by atoms with Gasteiger partial charge in [-0.3, -0.25) is 9.78 Å². The van der Waals surface area contributed by atoms with Gasteiger partial charge in [-0.25, -0.2) is 9.97 Å². The van der Waals surface area contributed by atoms with Crippen LogP contribution in [0.15, 0.2) is 48.9 Å². The van der Waals surface area contributed by atoms with E-state index in [1.165, 1.54) is 6.20 Å². The number of carbonyl (C=O) groups excluding carboxylic acids is 1. The van der Waals surface area contributed by atoms with E-state index in [4.69, 9.17) is 0 Å². The fourth-order valence-electron chi connectivity index (χ4n) is 2.34. The molecule has 3 aromatic rings. The number of fused-ring (bicyclic) bond motifs is 1. The lowest BCUT2D eigenvalue weighted by Gasteiger charge is -2.10. The SMILES string of the molecule is CN(C)CCNC(=O)c1cnc(Nc2cccc3cccnc23)cn1. The molecule has 0 aliphatic heterocycles. The molecule has 128 valence electrons. The van der Waals surface area contributed by atoms with Gasteiger partial charge in [0.25, 0.3) is 5.91 Å². The van der Waals surface area contributed by atoms with Gasteiger partial charge in [0.1, 0.15) is 11.5 Å². The highest BCUT2D eigenvalue weighted by atomic mass is 16.1. The Bertz CT molecular complexity index is 858. The van der Waals surface area contributed by atoms with E-state index in [9.17, 15) is 4.79 Å². The maximum Gasteiger partial charge on any atom is 0.271 e. The quantitative estimate of drug-likeness (QED) is 0.717. The second-order valence-electron chi connectivity index (χ2n) is 5.85. The van der Waals surface area contributed by atoms with Crippen molar-refractivity contribution in [2.75, 3.05) is 32.5 Å².